The predicted octanol–water partition coefficient (Wildman–Crippen LogP) is 4.23. The molecule has 0 aliphatic heterocycles. The number of aliphatic imine (C=N–C) groups is 1. The summed E-state index contributed by atoms with van der Waals surface area (Å²) in [6, 6.07) is 1.63. The third-order valence-corrected chi connectivity index (χ3v) is 5.44. The zero-order valence-corrected chi connectivity index (χ0v) is 17.9. The van der Waals surface area contributed by atoms with Crippen molar-refractivity contribution in [3.63, 3.8) is 0 Å². The van der Waals surface area contributed by atoms with Crippen LogP contribution in [0, 0.1) is 5.41 Å². The van der Waals surface area contributed by atoms with Gasteiger partial charge in [0.25, 0.3) is 10.0 Å². The Bertz CT molecular complexity index is 987. The number of ether oxygens (including phenoxy) is 1. The standard InChI is InChI=1S/C21H27N3O4S/c1-5-22-19(23-20(25)28-16-21(2,3)4)14-17-12-13-24(15-17)29(26,27)18-10-8-6-7-9-11-18/h5-10,12-15H,11,16H2,1-4H3,(H,23,25)/b19-14+,22-5-. The Kier molecular flexibility index (Phi) is 7.39. The molecule has 1 aromatic rings. The van der Waals surface area contributed by atoms with E-state index >= 15 is 0 Å². The summed E-state index contributed by atoms with van der Waals surface area (Å²) < 4.78 is 32.0. The monoisotopic (exact) mass is 417 g/mol. The molecule has 1 heterocycles. The fourth-order valence-electron chi connectivity index (χ4n) is 2.34. The predicted molar refractivity (Wildman–Crippen MR) is 116 cm³/mol. The molecule has 0 saturated carbocycles. The third-order valence-electron chi connectivity index (χ3n) is 3.70. The molecule has 1 aliphatic rings. The summed E-state index contributed by atoms with van der Waals surface area (Å²) in [5.41, 5.74) is 0.420. The van der Waals surface area contributed by atoms with Crippen molar-refractivity contribution in [2.45, 2.75) is 34.1 Å². The third kappa shape index (κ3) is 6.90. The highest BCUT2D eigenvalue weighted by Gasteiger charge is 2.19. The van der Waals surface area contributed by atoms with Crippen molar-refractivity contribution >= 4 is 28.4 Å². The Morgan fingerprint density at radius 3 is 2.76 bits per heavy atom. The minimum Gasteiger partial charge on any atom is -0.449 e. The lowest BCUT2D eigenvalue weighted by molar-refractivity contribution is 0.108. The number of nitrogens with zero attached hydrogens (tertiary/aromatic N) is 2. The van der Waals surface area contributed by atoms with Crippen LogP contribution in [0.25, 0.3) is 6.08 Å². The first-order chi connectivity index (χ1) is 13.6. The number of allylic oxidation sites excluding steroid dienone is 6. The molecule has 7 nitrogen and oxygen atoms in total. The van der Waals surface area contributed by atoms with Gasteiger partial charge < -0.3 is 4.74 Å². The fraction of sp³-hybridized carbons (Fsp3) is 0.333. The van der Waals surface area contributed by atoms with Crippen LogP contribution in [0.15, 0.2) is 64.6 Å². The molecule has 1 aliphatic carbocycles. The van der Waals surface area contributed by atoms with Gasteiger partial charge in [0.05, 0.1) is 11.5 Å². The van der Waals surface area contributed by atoms with E-state index in [1.165, 1.54) is 18.6 Å². The van der Waals surface area contributed by atoms with Gasteiger partial charge in [-0.05, 0) is 36.1 Å². The minimum atomic E-state index is -3.67. The molecular weight excluding hydrogens is 390 g/mol. The average Bonchev–Trinajstić information content (AvgIpc) is 2.92. The lowest BCUT2D eigenvalue weighted by atomic mass is 9.99. The molecular formula is C21H27N3O4S. The van der Waals surface area contributed by atoms with E-state index in [0.29, 0.717) is 16.9 Å². The fourth-order valence-corrected chi connectivity index (χ4v) is 3.65. The number of rotatable bonds is 6. The zero-order chi connectivity index (χ0) is 21.5. The number of hydrogen-bond acceptors (Lipinski definition) is 5. The second kappa shape index (κ2) is 9.56. The maximum Gasteiger partial charge on any atom is 0.412 e. The van der Waals surface area contributed by atoms with Crippen molar-refractivity contribution < 1.29 is 17.9 Å². The first kappa shape index (κ1) is 22.4. The number of nitrogens with one attached hydrogen (secondary N) is 1. The van der Waals surface area contributed by atoms with E-state index in [2.05, 4.69) is 10.3 Å². The molecule has 0 radical (unpaired) electrons. The summed E-state index contributed by atoms with van der Waals surface area (Å²) in [5, 5.41) is 2.57. The summed E-state index contributed by atoms with van der Waals surface area (Å²) in [6.07, 6.45) is 14.4. The maximum atomic E-state index is 12.8. The smallest absolute Gasteiger partial charge is 0.412 e. The summed E-state index contributed by atoms with van der Waals surface area (Å²) >= 11 is 0. The van der Waals surface area contributed by atoms with Gasteiger partial charge >= 0.3 is 6.09 Å². The van der Waals surface area contributed by atoms with Crippen LogP contribution in [0.4, 0.5) is 4.79 Å². The van der Waals surface area contributed by atoms with Crippen molar-refractivity contribution in [2.75, 3.05) is 6.61 Å². The van der Waals surface area contributed by atoms with Gasteiger partial charge in [-0.1, -0.05) is 45.1 Å². The number of alkyl carbamates (subject to hydrolysis) is 1. The van der Waals surface area contributed by atoms with Crippen LogP contribution in [-0.4, -0.2) is 31.3 Å². The van der Waals surface area contributed by atoms with Crippen LogP contribution in [0.5, 0.6) is 0 Å². The Balaban J connectivity index is 2.19. The average molecular weight is 418 g/mol. The normalized spacial score (nSPS) is 15.3. The van der Waals surface area contributed by atoms with Crippen molar-refractivity contribution in [1.29, 1.82) is 0 Å². The van der Waals surface area contributed by atoms with Crippen LogP contribution in [0.2, 0.25) is 0 Å². The molecule has 0 atom stereocenters. The molecule has 1 amide bonds. The first-order valence-corrected chi connectivity index (χ1v) is 10.7. The van der Waals surface area contributed by atoms with Gasteiger partial charge in [0.1, 0.15) is 5.82 Å². The molecule has 0 saturated heterocycles. The summed E-state index contributed by atoms with van der Waals surface area (Å²) in [7, 11) is -3.67. The highest BCUT2D eigenvalue weighted by atomic mass is 32.2. The maximum absolute atomic E-state index is 12.8. The quantitative estimate of drug-likeness (QED) is 0.702. The van der Waals surface area contributed by atoms with E-state index in [1.54, 1.807) is 43.4 Å². The van der Waals surface area contributed by atoms with Crippen LogP contribution in [0.3, 0.4) is 0 Å². The Morgan fingerprint density at radius 2 is 2.07 bits per heavy atom. The van der Waals surface area contributed by atoms with Gasteiger partial charge in [-0.25, -0.2) is 22.2 Å². The topological polar surface area (TPSA) is 89.8 Å². The van der Waals surface area contributed by atoms with E-state index in [-0.39, 0.29) is 17.8 Å². The zero-order valence-electron chi connectivity index (χ0n) is 17.1. The molecule has 0 spiro atoms. The molecule has 8 heteroatoms. The number of aromatic nitrogens is 1. The molecule has 1 N–H and O–H groups in total. The van der Waals surface area contributed by atoms with Gasteiger partial charge in [-0.15, -0.1) is 0 Å². The van der Waals surface area contributed by atoms with Gasteiger partial charge in [-0.2, -0.15) is 0 Å². The minimum absolute atomic E-state index is 0.155. The number of amides is 1. The van der Waals surface area contributed by atoms with E-state index in [0.717, 1.165) is 3.97 Å². The number of carbonyl (C=O) groups is 1. The van der Waals surface area contributed by atoms with Gasteiger partial charge in [0, 0.05) is 25.0 Å². The van der Waals surface area contributed by atoms with Crippen molar-refractivity contribution in [3.05, 3.63) is 65.1 Å². The van der Waals surface area contributed by atoms with E-state index < -0.39 is 16.1 Å². The van der Waals surface area contributed by atoms with Gasteiger partial charge in [0.15, 0.2) is 0 Å². The Hall–Kier alpha value is -2.87. The largest absolute Gasteiger partial charge is 0.449 e. The van der Waals surface area contributed by atoms with Gasteiger partial charge in [0.2, 0.25) is 0 Å². The van der Waals surface area contributed by atoms with E-state index in [4.69, 9.17) is 4.74 Å². The summed E-state index contributed by atoms with van der Waals surface area (Å²) in [4.78, 5) is 16.4. The molecule has 29 heavy (non-hydrogen) atoms. The summed E-state index contributed by atoms with van der Waals surface area (Å²) in [5.74, 6) is 0.251. The molecule has 0 unspecified atom stereocenters. The molecule has 1 aromatic heterocycles. The summed E-state index contributed by atoms with van der Waals surface area (Å²) in [6.45, 7) is 7.85. The van der Waals surface area contributed by atoms with Crippen molar-refractivity contribution in [3.8, 4) is 0 Å². The molecule has 2 rings (SSSR count). The second-order valence-electron chi connectivity index (χ2n) is 7.61. The SMILES string of the molecule is C/C=N\C(=C/c1ccn(S(=O)(=O)C2=CC=CC=CC2)c1)NC(=O)OCC(C)(C)C. The first-order valence-electron chi connectivity index (χ1n) is 9.22. The molecule has 0 bridgehead atoms. The van der Waals surface area contributed by atoms with Crippen LogP contribution in [-0.2, 0) is 14.8 Å². The van der Waals surface area contributed by atoms with Crippen LogP contribution >= 0.6 is 0 Å². The van der Waals surface area contributed by atoms with Crippen molar-refractivity contribution in [2.24, 2.45) is 10.4 Å². The second-order valence-corrected chi connectivity index (χ2v) is 9.50. The van der Waals surface area contributed by atoms with E-state index in [1.807, 2.05) is 26.8 Å². The van der Waals surface area contributed by atoms with Crippen LogP contribution in [0.1, 0.15) is 39.7 Å². The molecule has 0 aromatic carbocycles. The molecule has 0 fully saturated rings. The molecule has 156 valence electrons. The van der Waals surface area contributed by atoms with E-state index in [9.17, 15) is 13.2 Å². The number of carbonyl (C=O) groups excluding carboxylic acids is 1. The highest BCUT2D eigenvalue weighted by molar-refractivity contribution is 7.93. The lowest BCUT2D eigenvalue weighted by Crippen LogP contribution is -2.27. The Labute approximate surface area is 172 Å². The Morgan fingerprint density at radius 1 is 1.31 bits per heavy atom. The van der Waals surface area contributed by atoms with Crippen LogP contribution < -0.4 is 5.32 Å². The van der Waals surface area contributed by atoms with Gasteiger partial charge in [-0.3, -0.25) is 5.32 Å². The highest BCUT2D eigenvalue weighted by Crippen LogP contribution is 2.19. The number of hydrogen-bond donors (Lipinski definition) is 1. The lowest BCUT2D eigenvalue weighted by Gasteiger charge is -2.17. The van der Waals surface area contributed by atoms with Crippen molar-refractivity contribution in [1.82, 2.24) is 9.29 Å².